The Kier molecular flexibility index (Phi) is 3.77. The van der Waals surface area contributed by atoms with Gasteiger partial charge in [0.15, 0.2) is 0 Å². The van der Waals surface area contributed by atoms with Crippen molar-refractivity contribution in [2.45, 2.75) is 6.92 Å². The Morgan fingerprint density at radius 2 is 1.81 bits per heavy atom. The van der Waals surface area contributed by atoms with Crippen molar-refractivity contribution in [3.63, 3.8) is 0 Å². The minimum Gasteiger partial charge on any atom is -0.0827 e. The van der Waals surface area contributed by atoms with E-state index in [4.69, 9.17) is 23.2 Å². The van der Waals surface area contributed by atoms with E-state index in [-0.39, 0.29) is 0 Å². The Morgan fingerprint density at radius 1 is 1.06 bits per heavy atom. The van der Waals surface area contributed by atoms with Gasteiger partial charge in [0.1, 0.15) is 0 Å². The third kappa shape index (κ3) is 2.53. The lowest BCUT2D eigenvalue weighted by molar-refractivity contribution is 1.44. The van der Waals surface area contributed by atoms with Crippen molar-refractivity contribution in [3.8, 4) is 11.1 Å². The van der Waals surface area contributed by atoms with Crippen LogP contribution in [0.15, 0.2) is 36.4 Å². The summed E-state index contributed by atoms with van der Waals surface area (Å²) in [7, 11) is 0. The molecule has 0 radical (unpaired) electrons. The van der Waals surface area contributed by atoms with Crippen molar-refractivity contribution >= 4 is 45.8 Å². The third-order valence-electron chi connectivity index (χ3n) is 2.30. The number of benzene rings is 2. The molecule has 0 spiro atoms. The van der Waals surface area contributed by atoms with Crippen LogP contribution in [-0.2, 0) is 0 Å². The van der Waals surface area contributed by atoms with E-state index in [1.165, 1.54) is 9.13 Å². The molecular formula is C13H9Cl2I. The van der Waals surface area contributed by atoms with Crippen LogP contribution in [0, 0.1) is 10.5 Å². The number of aryl methyl sites for hydroxylation is 1. The molecule has 0 aliphatic carbocycles. The highest BCUT2D eigenvalue weighted by atomic mass is 127. The van der Waals surface area contributed by atoms with Crippen LogP contribution in [0.3, 0.4) is 0 Å². The Labute approximate surface area is 119 Å². The smallest absolute Gasteiger partial charge is 0.0670 e. The largest absolute Gasteiger partial charge is 0.0827 e. The van der Waals surface area contributed by atoms with E-state index in [2.05, 4.69) is 47.7 Å². The van der Waals surface area contributed by atoms with Gasteiger partial charge < -0.3 is 0 Å². The molecule has 0 atom stereocenters. The first-order chi connectivity index (χ1) is 7.58. The Morgan fingerprint density at radius 3 is 2.50 bits per heavy atom. The molecule has 0 aromatic heterocycles. The second-order valence-electron chi connectivity index (χ2n) is 3.62. The molecule has 0 unspecified atom stereocenters. The van der Waals surface area contributed by atoms with Gasteiger partial charge in [0.25, 0.3) is 0 Å². The molecule has 16 heavy (non-hydrogen) atoms. The summed E-state index contributed by atoms with van der Waals surface area (Å²) in [6.07, 6.45) is 0. The molecule has 2 rings (SSSR count). The van der Waals surface area contributed by atoms with Gasteiger partial charge in [0.2, 0.25) is 0 Å². The van der Waals surface area contributed by atoms with Crippen molar-refractivity contribution in [3.05, 3.63) is 55.6 Å². The first kappa shape index (κ1) is 12.2. The summed E-state index contributed by atoms with van der Waals surface area (Å²) in [6.45, 7) is 2.07. The maximum absolute atomic E-state index is 6.20. The minimum atomic E-state index is 0.593. The fourth-order valence-corrected chi connectivity index (χ4v) is 2.85. The molecule has 0 nitrogen and oxygen atoms in total. The van der Waals surface area contributed by atoms with E-state index in [1.54, 1.807) is 6.07 Å². The van der Waals surface area contributed by atoms with Gasteiger partial charge in [0.05, 0.1) is 10.0 Å². The average Bonchev–Trinajstić information content (AvgIpc) is 2.20. The summed E-state index contributed by atoms with van der Waals surface area (Å²) < 4.78 is 1.20. The monoisotopic (exact) mass is 362 g/mol. The molecule has 0 bridgehead atoms. The van der Waals surface area contributed by atoms with Gasteiger partial charge in [-0.15, -0.1) is 0 Å². The summed E-state index contributed by atoms with van der Waals surface area (Å²) in [5.41, 5.74) is 3.31. The SMILES string of the molecule is Cc1cc(I)cc(-c2cccc(Cl)c2Cl)c1. The van der Waals surface area contributed by atoms with Gasteiger partial charge >= 0.3 is 0 Å². The zero-order valence-corrected chi connectivity index (χ0v) is 12.3. The summed E-state index contributed by atoms with van der Waals surface area (Å²) in [5, 5.41) is 1.21. The van der Waals surface area contributed by atoms with Gasteiger partial charge in [-0.25, -0.2) is 0 Å². The number of hydrogen-bond acceptors (Lipinski definition) is 0. The van der Waals surface area contributed by atoms with Gasteiger partial charge in [-0.2, -0.15) is 0 Å². The van der Waals surface area contributed by atoms with E-state index in [1.807, 2.05) is 12.1 Å². The van der Waals surface area contributed by atoms with Crippen LogP contribution >= 0.6 is 45.8 Å². The zero-order valence-electron chi connectivity index (χ0n) is 8.60. The maximum Gasteiger partial charge on any atom is 0.0670 e. The number of hydrogen-bond donors (Lipinski definition) is 0. The predicted octanol–water partition coefficient (Wildman–Crippen LogP) is 5.57. The van der Waals surface area contributed by atoms with E-state index in [0.717, 1.165) is 11.1 Å². The van der Waals surface area contributed by atoms with Crippen LogP contribution < -0.4 is 0 Å². The highest BCUT2D eigenvalue weighted by Crippen LogP contribution is 2.34. The molecule has 2 aromatic rings. The Balaban J connectivity index is 2.63. The van der Waals surface area contributed by atoms with E-state index in [9.17, 15) is 0 Å². The molecule has 2 aromatic carbocycles. The average molecular weight is 363 g/mol. The van der Waals surface area contributed by atoms with Crippen LogP contribution in [0.2, 0.25) is 10.0 Å². The van der Waals surface area contributed by atoms with Crippen molar-refractivity contribution < 1.29 is 0 Å². The summed E-state index contributed by atoms with van der Waals surface area (Å²) in [6, 6.07) is 12.0. The van der Waals surface area contributed by atoms with E-state index < -0.39 is 0 Å². The molecule has 0 aliphatic heterocycles. The number of rotatable bonds is 1. The fraction of sp³-hybridized carbons (Fsp3) is 0.0769. The minimum absolute atomic E-state index is 0.593. The summed E-state index contributed by atoms with van der Waals surface area (Å²) in [4.78, 5) is 0. The first-order valence-electron chi connectivity index (χ1n) is 4.79. The molecule has 0 amide bonds. The van der Waals surface area contributed by atoms with Crippen molar-refractivity contribution in [2.75, 3.05) is 0 Å². The third-order valence-corrected chi connectivity index (χ3v) is 3.75. The molecule has 82 valence electrons. The lowest BCUT2D eigenvalue weighted by atomic mass is 10.0. The lowest BCUT2D eigenvalue weighted by Crippen LogP contribution is -1.84. The standard InChI is InChI=1S/C13H9Cl2I/c1-8-5-9(7-10(16)6-8)11-3-2-4-12(14)13(11)15/h2-7H,1H3. The highest BCUT2D eigenvalue weighted by molar-refractivity contribution is 14.1. The second kappa shape index (κ2) is 4.94. The van der Waals surface area contributed by atoms with Gasteiger partial charge in [0, 0.05) is 9.13 Å². The molecule has 0 heterocycles. The summed E-state index contributed by atoms with van der Waals surface area (Å²) >= 11 is 14.5. The maximum atomic E-state index is 6.20. The molecule has 0 N–H and O–H groups in total. The van der Waals surface area contributed by atoms with Gasteiger partial charge in [-0.3, -0.25) is 0 Å². The van der Waals surface area contributed by atoms with Crippen LogP contribution in [0.25, 0.3) is 11.1 Å². The van der Waals surface area contributed by atoms with Crippen molar-refractivity contribution in [2.24, 2.45) is 0 Å². The molecule has 0 saturated carbocycles. The molecular weight excluding hydrogens is 354 g/mol. The highest BCUT2D eigenvalue weighted by Gasteiger charge is 2.07. The number of halogens is 3. The van der Waals surface area contributed by atoms with E-state index >= 15 is 0 Å². The van der Waals surface area contributed by atoms with Crippen molar-refractivity contribution in [1.29, 1.82) is 0 Å². The predicted molar refractivity (Wildman–Crippen MR) is 79.4 cm³/mol. The van der Waals surface area contributed by atoms with E-state index in [0.29, 0.717) is 10.0 Å². The normalized spacial score (nSPS) is 10.5. The Bertz CT molecular complexity index is 515. The topological polar surface area (TPSA) is 0 Å². The summed E-state index contributed by atoms with van der Waals surface area (Å²) in [5.74, 6) is 0. The molecule has 3 heteroatoms. The van der Waals surface area contributed by atoms with Crippen LogP contribution in [0.4, 0.5) is 0 Å². The molecule has 0 saturated heterocycles. The zero-order chi connectivity index (χ0) is 11.7. The van der Waals surface area contributed by atoms with Crippen LogP contribution in [0.1, 0.15) is 5.56 Å². The van der Waals surface area contributed by atoms with Crippen LogP contribution in [-0.4, -0.2) is 0 Å². The van der Waals surface area contributed by atoms with Gasteiger partial charge in [-0.1, -0.05) is 41.4 Å². The fourth-order valence-electron chi connectivity index (χ4n) is 1.62. The quantitative estimate of drug-likeness (QED) is 0.581. The van der Waals surface area contributed by atoms with Gasteiger partial charge in [-0.05, 0) is 58.8 Å². The molecule has 0 aliphatic rings. The van der Waals surface area contributed by atoms with Crippen LogP contribution in [0.5, 0.6) is 0 Å². The second-order valence-corrected chi connectivity index (χ2v) is 5.65. The molecule has 0 fully saturated rings. The first-order valence-corrected chi connectivity index (χ1v) is 6.63. The van der Waals surface area contributed by atoms with Crippen molar-refractivity contribution in [1.82, 2.24) is 0 Å². The lowest BCUT2D eigenvalue weighted by Gasteiger charge is -2.07. The Hall–Kier alpha value is -0.250.